The molecule has 1 aliphatic rings. The van der Waals surface area contributed by atoms with Crippen molar-refractivity contribution in [2.75, 3.05) is 6.54 Å². The fourth-order valence-electron chi connectivity index (χ4n) is 1.44. The highest BCUT2D eigenvalue weighted by Crippen LogP contribution is 2.47. The summed E-state index contributed by atoms with van der Waals surface area (Å²) in [6.07, 6.45) is 3.52. The molecule has 6 heteroatoms. The van der Waals surface area contributed by atoms with Gasteiger partial charge in [0.15, 0.2) is 0 Å². The summed E-state index contributed by atoms with van der Waals surface area (Å²) in [5.41, 5.74) is 0.347. The van der Waals surface area contributed by atoms with Crippen molar-refractivity contribution in [1.29, 1.82) is 0 Å². The Hall–Kier alpha value is -1.46. The van der Waals surface area contributed by atoms with Gasteiger partial charge in [0.1, 0.15) is 0 Å². The van der Waals surface area contributed by atoms with Crippen molar-refractivity contribution in [2.24, 2.45) is 5.41 Å². The Morgan fingerprint density at radius 3 is 2.93 bits per heavy atom. The lowest BCUT2D eigenvalue weighted by molar-refractivity contribution is 0.0934. The number of aromatic amines is 1. The van der Waals surface area contributed by atoms with Gasteiger partial charge in [-0.1, -0.05) is 6.92 Å². The van der Waals surface area contributed by atoms with Crippen LogP contribution in [0.15, 0.2) is 0 Å². The first-order valence-electron chi connectivity index (χ1n) is 4.77. The fraction of sp³-hybridized carbons (Fsp3) is 0.750. The second-order valence-electron chi connectivity index (χ2n) is 3.77. The first kappa shape index (κ1) is 9.11. The lowest BCUT2D eigenvalue weighted by atomic mass is 10.0. The van der Waals surface area contributed by atoms with E-state index in [4.69, 9.17) is 0 Å². The SMILES string of the molecule is CCC1(CNC(=O)c2nn[nH]n2)CC1. The maximum atomic E-state index is 11.4. The Labute approximate surface area is 81.5 Å². The van der Waals surface area contributed by atoms with E-state index in [2.05, 4.69) is 32.9 Å². The maximum absolute atomic E-state index is 11.4. The summed E-state index contributed by atoms with van der Waals surface area (Å²) in [5, 5.41) is 15.6. The van der Waals surface area contributed by atoms with Gasteiger partial charge in [0.25, 0.3) is 11.7 Å². The number of nitrogens with zero attached hydrogens (tertiary/aromatic N) is 3. The molecule has 1 aliphatic carbocycles. The van der Waals surface area contributed by atoms with E-state index in [-0.39, 0.29) is 11.7 Å². The van der Waals surface area contributed by atoms with Crippen LogP contribution in [0.1, 0.15) is 36.8 Å². The highest BCUT2D eigenvalue weighted by Gasteiger charge is 2.40. The van der Waals surface area contributed by atoms with Gasteiger partial charge >= 0.3 is 0 Å². The van der Waals surface area contributed by atoms with E-state index >= 15 is 0 Å². The minimum Gasteiger partial charge on any atom is -0.349 e. The normalized spacial score (nSPS) is 17.8. The van der Waals surface area contributed by atoms with Gasteiger partial charge in [-0.2, -0.15) is 5.21 Å². The van der Waals surface area contributed by atoms with Crippen LogP contribution in [0.2, 0.25) is 0 Å². The monoisotopic (exact) mass is 195 g/mol. The molecule has 0 aliphatic heterocycles. The smallest absolute Gasteiger partial charge is 0.292 e. The van der Waals surface area contributed by atoms with Gasteiger partial charge in [-0.25, -0.2) is 0 Å². The number of hydrogen-bond acceptors (Lipinski definition) is 4. The number of rotatable bonds is 4. The molecule has 1 amide bonds. The molecule has 0 spiro atoms. The molecule has 1 aromatic heterocycles. The quantitative estimate of drug-likeness (QED) is 0.714. The van der Waals surface area contributed by atoms with E-state index in [1.54, 1.807) is 0 Å². The molecule has 0 radical (unpaired) electrons. The fourth-order valence-corrected chi connectivity index (χ4v) is 1.44. The summed E-state index contributed by atoms with van der Waals surface area (Å²) in [6.45, 7) is 2.87. The molecule has 1 aromatic rings. The molecule has 76 valence electrons. The molecule has 14 heavy (non-hydrogen) atoms. The summed E-state index contributed by atoms with van der Waals surface area (Å²) in [7, 11) is 0. The Morgan fingerprint density at radius 2 is 2.43 bits per heavy atom. The van der Waals surface area contributed by atoms with Gasteiger partial charge in [-0.3, -0.25) is 4.79 Å². The van der Waals surface area contributed by atoms with Crippen LogP contribution in [0.25, 0.3) is 0 Å². The van der Waals surface area contributed by atoms with Crippen molar-refractivity contribution in [3.8, 4) is 0 Å². The molecule has 2 rings (SSSR count). The van der Waals surface area contributed by atoms with Crippen LogP contribution in [-0.2, 0) is 0 Å². The molecule has 0 unspecified atom stereocenters. The lowest BCUT2D eigenvalue weighted by Crippen LogP contribution is -2.30. The Kier molecular flexibility index (Phi) is 2.18. The van der Waals surface area contributed by atoms with Gasteiger partial charge in [0.05, 0.1) is 0 Å². The molecule has 0 saturated heterocycles. The second kappa shape index (κ2) is 3.36. The maximum Gasteiger partial charge on any atom is 0.292 e. The van der Waals surface area contributed by atoms with Crippen LogP contribution in [0.4, 0.5) is 0 Å². The highest BCUT2D eigenvalue weighted by molar-refractivity contribution is 5.90. The van der Waals surface area contributed by atoms with E-state index in [0.29, 0.717) is 5.41 Å². The van der Waals surface area contributed by atoms with Gasteiger partial charge in [-0.05, 0) is 29.9 Å². The Balaban J connectivity index is 1.84. The van der Waals surface area contributed by atoms with E-state index in [1.807, 2.05) is 0 Å². The predicted molar refractivity (Wildman–Crippen MR) is 48.5 cm³/mol. The number of amides is 1. The Bertz CT molecular complexity index is 316. The van der Waals surface area contributed by atoms with Crippen molar-refractivity contribution in [2.45, 2.75) is 26.2 Å². The summed E-state index contributed by atoms with van der Waals surface area (Å²) in [6, 6.07) is 0. The zero-order chi connectivity index (χ0) is 10.0. The van der Waals surface area contributed by atoms with Crippen molar-refractivity contribution < 1.29 is 4.79 Å². The number of tetrazole rings is 1. The number of carbonyl (C=O) groups excluding carboxylic acids is 1. The van der Waals surface area contributed by atoms with Crippen molar-refractivity contribution >= 4 is 5.91 Å². The lowest BCUT2D eigenvalue weighted by Gasteiger charge is -2.11. The summed E-state index contributed by atoms with van der Waals surface area (Å²) >= 11 is 0. The van der Waals surface area contributed by atoms with Crippen LogP contribution in [0.5, 0.6) is 0 Å². The van der Waals surface area contributed by atoms with E-state index in [0.717, 1.165) is 13.0 Å². The zero-order valence-corrected chi connectivity index (χ0v) is 8.08. The van der Waals surface area contributed by atoms with Crippen molar-refractivity contribution in [3.63, 3.8) is 0 Å². The summed E-state index contributed by atoms with van der Waals surface area (Å²) in [4.78, 5) is 11.4. The first-order valence-corrected chi connectivity index (χ1v) is 4.77. The van der Waals surface area contributed by atoms with Crippen LogP contribution < -0.4 is 5.32 Å². The summed E-state index contributed by atoms with van der Waals surface area (Å²) < 4.78 is 0. The summed E-state index contributed by atoms with van der Waals surface area (Å²) in [5.74, 6) is -0.143. The highest BCUT2D eigenvalue weighted by atomic mass is 16.2. The third-order valence-corrected chi connectivity index (χ3v) is 2.88. The molecule has 1 saturated carbocycles. The van der Waals surface area contributed by atoms with Crippen molar-refractivity contribution in [3.05, 3.63) is 5.82 Å². The molecule has 0 atom stereocenters. The van der Waals surface area contributed by atoms with Gasteiger partial charge in [0, 0.05) is 6.54 Å². The molecule has 0 bridgehead atoms. The molecule has 2 N–H and O–H groups in total. The second-order valence-corrected chi connectivity index (χ2v) is 3.77. The minimum atomic E-state index is -0.251. The van der Waals surface area contributed by atoms with Gasteiger partial charge in [0.2, 0.25) is 0 Å². The molecular formula is C8H13N5O. The molecule has 1 fully saturated rings. The third-order valence-electron chi connectivity index (χ3n) is 2.88. The van der Waals surface area contributed by atoms with Crippen molar-refractivity contribution in [1.82, 2.24) is 25.9 Å². The molecule has 0 aromatic carbocycles. The largest absolute Gasteiger partial charge is 0.349 e. The Morgan fingerprint density at radius 1 is 1.64 bits per heavy atom. The number of carbonyl (C=O) groups is 1. The standard InChI is InChI=1S/C8H13N5O/c1-2-8(3-4-8)5-9-7(14)6-10-12-13-11-6/h2-5H2,1H3,(H,9,14)(H,10,11,12,13). The first-order chi connectivity index (χ1) is 6.76. The predicted octanol–water partition coefficient (Wildman–Crippen LogP) is 0.120. The van der Waals surface area contributed by atoms with Gasteiger partial charge in [-0.15, -0.1) is 10.2 Å². The van der Waals surface area contributed by atoms with Gasteiger partial charge < -0.3 is 5.32 Å². The number of nitrogens with one attached hydrogen (secondary N) is 2. The number of H-pyrrole nitrogens is 1. The van der Waals surface area contributed by atoms with Crippen LogP contribution >= 0.6 is 0 Å². The average molecular weight is 195 g/mol. The average Bonchev–Trinajstić information content (AvgIpc) is 2.78. The van der Waals surface area contributed by atoms with E-state index < -0.39 is 0 Å². The van der Waals surface area contributed by atoms with Crippen LogP contribution in [-0.4, -0.2) is 33.1 Å². The molecule has 1 heterocycles. The topological polar surface area (TPSA) is 83.6 Å². The number of hydrogen-bond donors (Lipinski definition) is 2. The minimum absolute atomic E-state index is 0.108. The molecular weight excluding hydrogens is 182 g/mol. The van der Waals surface area contributed by atoms with E-state index in [1.165, 1.54) is 12.8 Å². The number of aromatic nitrogens is 4. The molecule has 6 nitrogen and oxygen atoms in total. The van der Waals surface area contributed by atoms with Crippen LogP contribution in [0, 0.1) is 5.41 Å². The third kappa shape index (κ3) is 1.73. The van der Waals surface area contributed by atoms with E-state index in [9.17, 15) is 4.79 Å². The van der Waals surface area contributed by atoms with Crippen LogP contribution in [0.3, 0.4) is 0 Å². The zero-order valence-electron chi connectivity index (χ0n) is 8.08.